The summed E-state index contributed by atoms with van der Waals surface area (Å²) in [5.41, 5.74) is 3.92. The third-order valence-corrected chi connectivity index (χ3v) is 8.47. The predicted molar refractivity (Wildman–Crippen MR) is 123 cm³/mol. The molecule has 0 unspecified atom stereocenters. The van der Waals surface area contributed by atoms with E-state index in [1.807, 2.05) is 61.5 Å². The highest BCUT2D eigenvalue weighted by molar-refractivity contribution is 7.92. The molecular formula is C25H24ClNO3S. The Morgan fingerprint density at radius 2 is 1.68 bits per heavy atom. The minimum Gasteiger partial charge on any atom is -0.373 e. The molecule has 0 radical (unpaired) electrons. The standard InChI is InChI=1S/C25H24ClNO3S/c1-17-6-12-20(13-7-17)31(28,29)27-16-23-21(22-4-2-3-5-24(22)27)14-15-30-25(23)18-8-10-19(26)11-9-18/h2-13,21,23,25H,14-16H2,1H3/t21-,23+,25+/m0/s1. The maximum atomic E-state index is 13.7. The first-order valence-corrected chi connectivity index (χ1v) is 12.3. The highest BCUT2D eigenvalue weighted by Gasteiger charge is 2.44. The van der Waals surface area contributed by atoms with Crippen molar-refractivity contribution in [2.45, 2.75) is 30.3 Å². The molecule has 2 heterocycles. The number of sulfonamides is 1. The lowest BCUT2D eigenvalue weighted by Gasteiger charge is -2.46. The van der Waals surface area contributed by atoms with Crippen LogP contribution in [0.4, 0.5) is 5.69 Å². The molecule has 3 aromatic rings. The van der Waals surface area contributed by atoms with Gasteiger partial charge in [0.1, 0.15) is 0 Å². The number of hydrogen-bond acceptors (Lipinski definition) is 3. The maximum absolute atomic E-state index is 13.7. The lowest BCUT2D eigenvalue weighted by molar-refractivity contribution is -0.0384. The van der Waals surface area contributed by atoms with Gasteiger partial charge in [-0.2, -0.15) is 0 Å². The molecule has 31 heavy (non-hydrogen) atoms. The van der Waals surface area contributed by atoms with Gasteiger partial charge in [-0.15, -0.1) is 0 Å². The molecule has 2 aliphatic heterocycles. The Morgan fingerprint density at radius 3 is 2.42 bits per heavy atom. The number of aryl methyl sites for hydroxylation is 1. The van der Waals surface area contributed by atoms with Gasteiger partial charge in [-0.25, -0.2) is 8.42 Å². The van der Waals surface area contributed by atoms with Gasteiger partial charge >= 0.3 is 0 Å². The number of halogens is 1. The van der Waals surface area contributed by atoms with Crippen molar-refractivity contribution in [2.24, 2.45) is 5.92 Å². The quantitative estimate of drug-likeness (QED) is 0.509. The molecule has 0 amide bonds. The minimum absolute atomic E-state index is 0.0186. The van der Waals surface area contributed by atoms with Gasteiger partial charge in [0.15, 0.2) is 0 Å². The summed E-state index contributed by atoms with van der Waals surface area (Å²) in [5.74, 6) is 0.264. The van der Waals surface area contributed by atoms with E-state index in [0.29, 0.717) is 23.1 Å². The molecule has 3 aromatic carbocycles. The van der Waals surface area contributed by atoms with E-state index < -0.39 is 10.0 Å². The zero-order chi connectivity index (χ0) is 21.6. The zero-order valence-corrected chi connectivity index (χ0v) is 18.8. The van der Waals surface area contributed by atoms with Crippen molar-refractivity contribution in [3.05, 3.63) is 94.5 Å². The van der Waals surface area contributed by atoms with Crippen molar-refractivity contribution in [1.29, 1.82) is 0 Å². The van der Waals surface area contributed by atoms with Crippen LogP contribution >= 0.6 is 11.6 Å². The summed E-state index contributed by atoms with van der Waals surface area (Å²) in [7, 11) is -3.70. The number of ether oxygens (including phenoxy) is 1. The largest absolute Gasteiger partial charge is 0.373 e. The summed E-state index contributed by atoms with van der Waals surface area (Å²) in [6, 6.07) is 22.6. The van der Waals surface area contributed by atoms with Crippen LogP contribution in [-0.2, 0) is 14.8 Å². The smallest absolute Gasteiger partial charge is 0.264 e. The first-order valence-electron chi connectivity index (χ1n) is 10.5. The normalized spacial score (nSPS) is 23.2. The van der Waals surface area contributed by atoms with Crippen LogP contribution in [0.5, 0.6) is 0 Å². The van der Waals surface area contributed by atoms with Crippen LogP contribution in [0, 0.1) is 12.8 Å². The second kappa shape index (κ2) is 7.97. The molecule has 0 aromatic heterocycles. The van der Waals surface area contributed by atoms with Crippen LogP contribution in [0.15, 0.2) is 77.7 Å². The van der Waals surface area contributed by atoms with Gasteiger partial charge in [0.2, 0.25) is 0 Å². The van der Waals surface area contributed by atoms with Crippen molar-refractivity contribution in [3.8, 4) is 0 Å². The molecule has 1 fully saturated rings. The van der Waals surface area contributed by atoms with E-state index in [9.17, 15) is 8.42 Å². The molecule has 0 bridgehead atoms. The summed E-state index contributed by atoms with van der Waals surface area (Å²) < 4.78 is 35.2. The maximum Gasteiger partial charge on any atom is 0.264 e. The Kier molecular flexibility index (Phi) is 5.29. The number of hydrogen-bond donors (Lipinski definition) is 0. The van der Waals surface area contributed by atoms with Crippen molar-refractivity contribution in [1.82, 2.24) is 0 Å². The Balaban J connectivity index is 1.60. The topological polar surface area (TPSA) is 46.6 Å². The number of anilines is 1. The molecule has 3 atom stereocenters. The predicted octanol–water partition coefficient (Wildman–Crippen LogP) is 5.72. The Labute approximate surface area is 188 Å². The van der Waals surface area contributed by atoms with E-state index in [2.05, 4.69) is 6.07 Å². The van der Waals surface area contributed by atoms with E-state index in [1.54, 1.807) is 16.4 Å². The molecule has 0 N–H and O–H groups in total. The Morgan fingerprint density at radius 1 is 0.968 bits per heavy atom. The zero-order valence-electron chi connectivity index (χ0n) is 17.2. The fourth-order valence-electron chi connectivity index (χ4n) is 4.86. The first-order chi connectivity index (χ1) is 14.9. The number of nitrogens with zero attached hydrogens (tertiary/aromatic N) is 1. The van der Waals surface area contributed by atoms with Gasteiger partial charge in [0.25, 0.3) is 10.0 Å². The second-order valence-corrected chi connectivity index (χ2v) is 10.6. The second-order valence-electron chi connectivity index (χ2n) is 8.31. The number of rotatable bonds is 3. The van der Waals surface area contributed by atoms with Gasteiger partial charge < -0.3 is 4.74 Å². The molecule has 6 heteroatoms. The number of fused-ring (bicyclic) bond motifs is 3. The van der Waals surface area contributed by atoms with Crippen LogP contribution in [-0.4, -0.2) is 21.6 Å². The minimum atomic E-state index is -3.70. The molecule has 5 rings (SSSR count). The molecule has 2 aliphatic rings. The highest BCUT2D eigenvalue weighted by Crippen LogP contribution is 2.50. The third-order valence-electron chi connectivity index (χ3n) is 6.42. The Bertz CT molecular complexity index is 1190. The van der Waals surface area contributed by atoms with E-state index in [0.717, 1.165) is 28.8 Å². The molecule has 0 saturated carbocycles. The molecule has 0 spiro atoms. The summed E-state index contributed by atoms with van der Waals surface area (Å²) in [5, 5.41) is 0.675. The van der Waals surface area contributed by atoms with E-state index in [-0.39, 0.29) is 17.9 Å². The average Bonchev–Trinajstić information content (AvgIpc) is 2.79. The number of para-hydroxylation sites is 1. The average molecular weight is 454 g/mol. The van der Waals surface area contributed by atoms with Crippen molar-refractivity contribution >= 4 is 27.3 Å². The highest BCUT2D eigenvalue weighted by atomic mass is 35.5. The van der Waals surface area contributed by atoms with Crippen LogP contribution in [0.2, 0.25) is 5.02 Å². The van der Waals surface area contributed by atoms with Crippen molar-refractivity contribution < 1.29 is 13.2 Å². The monoisotopic (exact) mass is 453 g/mol. The van der Waals surface area contributed by atoms with E-state index >= 15 is 0 Å². The third kappa shape index (κ3) is 3.65. The Hall–Kier alpha value is -2.34. The lowest BCUT2D eigenvalue weighted by Crippen LogP contribution is -2.46. The fraction of sp³-hybridized carbons (Fsp3) is 0.280. The molecule has 4 nitrogen and oxygen atoms in total. The molecule has 160 valence electrons. The van der Waals surface area contributed by atoms with Crippen molar-refractivity contribution in [3.63, 3.8) is 0 Å². The fourth-order valence-corrected chi connectivity index (χ4v) is 6.51. The first kappa shape index (κ1) is 20.6. The number of benzene rings is 3. The molecule has 0 aliphatic carbocycles. The summed E-state index contributed by atoms with van der Waals surface area (Å²) in [6.07, 6.45) is 0.699. The van der Waals surface area contributed by atoms with Gasteiger partial charge in [0, 0.05) is 24.1 Å². The van der Waals surface area contributed by atoms with E-state index in [1.165, 1.54) is 0 Å². The van der Waals surface area contributed by atoms with Gasteiger partial charge in [-0.05, 0) is 60.7 Å². The summed E-state index contributed by atoms with van der Waals surface area (Å²) in [6.45, 7) is 2.98. The van der Waals surface area contributed by atoms with Crippen molar-refractivity contribution in [2.75, 3.05) is 17.5 Å². The van der Waals surface area contributed by atoms with Gasteiger partial charge in [0.05, 0.1) is 16.7 Å². The molecular weight excluding hydrogens is 430 g/mol. The summed E-state index contributed by atoms with van der Waals surface area (Å²) in [4.78, 5) is 0.311. The lowest BCUT2D eigenvalue weighted by atomic mass is 9.74. The SMILES string of the molecule is Cc1ccc(S(=O)(=O)N2C[C@H]3[C@@H](c4ccc(Cl)cc4)OCC[C@H]3c3ccccc32)cc1. The van der Waals surface area contributed by atoms with Gasteiger partial charge in [-0.1, -0.05) is 59.6 Å². The van der Waals surface area contributed by atoms with Crippen LogP contribution in [0.1, 0.15) is 35.1 Å². The van der Waals surface area contributed by atoms with Crippen LogP contribution in [0.25, 0.3) is 0 Å². The van der Waals surface area contributed by atoms with Crippen LogP contribution < -0.4 is 4.31 Å². The summed E-state index contributed by atoms with van der Waals surface area (Å²) >= 11 is 6.09. The van der Waals surface area contributed by atoms with Crippen LogP contribution in [0.3, 0.4) is 0 Å². The van der Waals surface area contributed by atoms with Gasteiger partial charge in [-0.3, -0.25) is 4.31 Å². The molecule has 1 saturated heterocycles. The van der Waals surface area contributed by atoms with E-state index in [4.69, 9.17) is 16.3 Å².